The van der Waals surface area contributed by atoms with Crippen LogP contribution in [0.3, 0.4) is 0 Å². The first-order valence-electron chi connectivity index (χ1n) is 5.96. The highest BCUT2D eigenvalue weighted by Gasteiger charge is 2.22. The molecule has 0 rings (SSSR count). The number of thiol groups is 1. The minimum atomic E-state index is -0.247. The van der Waals surface area contributed by atoms with Gasteiger partial charge in [0.25, 0.3) is 0 Å². The van der Waals surface area contributed by atoms with Crippen molar-refractivity contribution in [3.8, 4) is 0 Å². The van der Waals surface area contributed by atoms with E-state index >= 15 is 0 Å². The third-order valence-electron chi connectivity index (χ3n) is 2.53. The molecule has 0 aromatic rings. The van der Waals surface area contributed by atoms with Gasteiger partial charge in [-0.05, 0) is 18.8 Å². The van der Waals surface area contributed by atoms with Crippen molar-refractivity contribution in [2.75, 3.05) is 13.2 Å². The van der Waals surface area contributed by atoms with Crippen LogP contribution in [0.15, 0.2) is 0 Å². The van der Waals surface area contributed by atoms with Gasteiger partial charge in [0, 0.05) is 6.61 Å². The maximum atomic E-state index is 11.8. The average molecular weight is 247 g/mol. The molecule has 0 aromatic carbocycles. The fourth-order valence-corrected chi connectivity index (χ4v) is 1.29. The van der Waals surface area contributed by atoms with Crippen molar-refractivity contribution in [1.29, 1.82) is 0 Å². The number of hydrogen-bond donors (Lipinski definition) is 2. The molecule has 0 aliphatic carbocycles. The van der Waals surface area contributed by atoms with Crippen LogP contribution >= 0.6 is 12.6 Å². The average Bonchev–Trinajstić information content (AvgIpc) is 2.21. The van der Waals surface area contributed by atoms with E-state index in [1.54, 1.807) is 0 Å². The molecular formula is C12H25NO2S. The Kier molecular flexibility index (Phi) is 7.85. The maximum Gasteiger partial charge on any atom is 0.233 e. The van der Waals surface area contributed by atoms with Crippen molar-refractivity contribution in [2.45, 2.75) is 45.9 Å². The zero-order valence-corrected chi connectivity index (χ0v) is 11.9. The Bertz CT molecular complexity index is 207. The molecule has 1 N–H and O–H groups in total. The van der Waals surface area contributed by atoms with Gasteiger partial charge >= 0.3 is 0 Å². The van der Waals surface area contributed by atoms with Crippen LogP contribution in [0.25, 0.3) is 0 Å². The van der Waals surface area contributed by atoms with Crippen LogP contribution in [0.2, 0.25) is 0 Å². The molecule has 0 aromatic heterocycles. The number of rotatable bonds is 7. The van der Waals surface area contributed by atoms with Gasteiger partial charge in [0.1, 0.15) is 0 Å². The van der Waals surface area contributed by atoms with Crippen molar-refractivity contribution in [2.24, 2.45) is 11.8 Å². The Morgan fingerprint density at radius 1 is 1.25 bits per heavy atom. The largest absolute Gasteiger partial charge is 0.380 e. The second-order valence-corrected chi connectivity index (χ2v) is 5.26. The fraction of sp³-hybridized carbons (Fsp3) is 0.917. The summed E-state index contributed by atoms with van der Waals surface area (Å²) < 4.78 is 5.36. The van der Waals surface area contributed by atoms with Crippen LogP contribution in [0.5, 0.6) is 0 Å². The van der Waals surface area contributed by atoms with Gasteiger partial charge in [-0.2, -0.15) is 12.6 Å². The zero-order valence-electron chi connectivity index (χ0n) is 11.0. The molecule has 1 amide bonds. The molecule has 2 atom stereocenters. The number of carbonyl (C=O) groups excluding carboxylic acids is 1. The minimum absolute atomic E-state index is 0.00302. The van der Waals surface area contributed by atoms with Crippen LogP contribution in [-0.4, -0.2) is 30.4 Å². The van der Waals surface area contributed by atoms with Gasteiger partial charge in [0.2, 0.25) is 5.91 Å². The molecule has 96 valence electrons. The first-order valence-corrected chi connectivity index (χ1v) is 6.47. The van der Waals surface area contributed by atoms with Crippen LogP contribution in [0.4, 0.5) is 0 Å². The molecule has 0 saturated carbocycles. The number of nitrogens with one attached hydrogen (secondary N) is 1. The Labute approximate surface area is 105 Å². The van der Waals surface area contributed by atoms with Crippen molar-refractivity contribution >= 4 is 18.5 Å². The van der Waals surface area contributed by atoms with Crippen molar-refractivity contribution in [3.05, 3.63) is 0 Å². The molecule has 4 heteroatoms. The van der Waals surface area contributed by atoms with Crippen LogP contribution in [-0.2, 0) is 9.53 Å². The van der Waals surface area contributed by atoms with Gasteiger partial charge in [0.15, 0.2) is 0 Å². The highest BCUT2D eigenvalue weighted by Crippen LogP contribution is 2.10. The number of hydrogen-bond acceptors (Lipinski definition) is 3. The first kappa shape index (κ1) is 15.8. The fourth-order valence-electron chi connectivity index (χ4n) is 1.22. The minimum Gasteiger partial charge on any atom is -0.380 e. The van der Waals surface area contributed by atoms with E-state index in [0.717, 1.165) is 0 Å². The third kappa shape index (κ3) is 5.75. The van der Waals surface area contributed by atoms with E-state index in [1.165, 1.54) is 0 Å². The van der Waals surface area contributed by atoms with E-state index in [1.807, 2.05) is 20.8 Å². The van der Waals surface area contributed by atoms with Crippen LogP contribution < -0.4 is 5.32 Å². The molecule has 3 nitrogen and oxygen atoms in total. The molecule has 0 aliphatic heterocycles. The summed E-state index contributed by atoms with van der Waals surface area (Å²) in [5.74, 6) is 0.600. The van der Waals surface area contributed by atoms with Gasteiger partial charge < -0.3 is 10.1 Å². The van der Waals surface area contributed by atoms with E-state index in [0.29, 0.717) is 19.1 Å². The molecule has 0 aliphatic rings. The maximum absolute atomic E-state index is 11.8. The number of amides is 1. The predicted molar refractivity (Wildman–Crippen MR) is 70.9 cm³/mol. The molecular weight excluding hydrogens is 222 g/mol. The first-order chi connectivity index (χ1) is 7.40. The number of carbonyl (C=O) groups is 1. The van der Waals surface area contributed by atoms with Crippen molar-refractivity contribution < 1.29 is 9.53 Å². The molecule has 0 saturated heterocycles. The molecule has 0 fully saturated rings. The summed E-state index contributed by atoms with van der Waals surface area (Å²) in [6.45, 7) is 11.3. The molecule has 0 heterocycles. The van der Waals surface area contributed by atoms with Gasteiger partial charge in [-0.25, -0.2) is 0 Å². The van der Waals surface area contributed by atoms with Crippen molar-refractivity contribution in [3.63, 3.8) is 0 Å². The number of ether oxygens (including phenoxy) is 1. The van der Waals surface area contributed by atoms with E-state index in [-0.39, 0.29) is 23.1 Å². The molecule has 0 radical (unpaired) electrons. The van der Waals surface area contributed by atoms with Gasteiger partial charge in [-0.3, -0.25) is 4.79 Å². The van der Waals surface area contributed by atoms with Crippen molar-refractivity contribution in [1.82, 2.24) is 5.32 Å². The van der Waals surface area contributed by atoms with E-state index in [2.05, 4.69) is 31.8 Å². The lowest BCUT2D eigenvalue weighted by Gasteiger charge is -2.24. The predicted octanol–water partition coefficient (Wildman–Crippen LogP) is 2.12. The Morgan fingerprint density at radius 3 is 2.19 bits per heavy atom. The highest BCUT2D eigenvalue weighted by atomic mass is 32.1. The topological polar surface area (TPSA) is 38.3 Å². The van der Waals surface area contributed by atoms with Gasteiger partial charge in [-0.15, -0.1) is 0 Å². The third-order valence-corrected chi connectivity index (χ3v) is 3.36. The summed E-state index contributed by atoms with van der Waals surface area (Å²) in [6, 6.07) is 0.0702. The second-order valence-electron chi connectivity index (χ2n) is 4.71. The van der Waals surface area contributed by atoms with E-state index in [4.69, 9.17) is 4.74 Å². The lowest BCUT2D eigenvalue weighted by Crippen LogP contribution is -2.46. The van der Waals surface area contributed by atoms with Crippen LogP contribution in [0.1, 0.15) is 34.6 Å². The highest BCUT2D eigenvalue weighted by molar-refractivity contribution is 7.81. The second kappa shape index (κ2) is 7.96. The lowest BCUT2D eigenvalue weighted by atomic mass is 10.0. The molecule has 0 spiro atoms. The SMILES string of the molecule is CCOCC(NC(=O)C(S)C(C)C)C(C)C. The van der Waals surface area contributed by atoms with E-state index in [9.17, 15) is 4.79 Å². The van der Waals surface area contributed by atoms with Crippen LogP contribution in [0, 0.1) is 11.8 Å². The molecule has 0 bridgehead atoms. The molecule has 16 heavy (non-hydrogen) atoms. The Morgan fingerprint density at radius 2 is 1.81 bits per heavy atom. The summed E-state index contributed by atoms with van der Waals surface area (Å²) >= 11 is 4.30. The summed E-state index contributed by atoms with van der Waals surface area (Å²) in [7, 11) is 0. The van der Waals surface area contributed by atoms with Gasteiger partial charge in [0.05, 0.1) is 17.9 Å². The Balaban J connectivity index is 4.23. The summed E-state index contributed by atoms with van der Waals surface area (Å²) in [6.07, 6.45) is 0. The summed E-state index contributed by atoms with van der Waals surface area (Å²) in [4.78, 5) is 11.8. The smallest absolute Gasteiger partial charge is 0.233 e. The lowest BCUT2D eigenvalue weighted by molar-refractivity contribution is -0.122. The summed E-state index contributed by atoms with van der Waals surface area (Å²) in [5, 5.41) is 2.74. The Hall–Kier alpha value is -0.220. The van der Waals surface area contributed by atoms with E-state index < -0.39 is 0 Å². The quantitative estimate of drug-likeness (QED) is 0.676. The zero-order chi connectivity index (χ0) is 12.7. The standard InChI is InChI=1S/C12H25NO2S/c1-6-15-7-10(8(2)3)13-12(14)11(16)9(4)5/h8-11,16H,6-7H2,1-5H3,(H,13,14). The monoisotopic (exact) mass is 247 g/mol. The molecule has 2 unspecified atom stereocenters. The van der Waals surface area contributed by atoms with Gasteiger partial charge in [-0.1, -0.05) is 27.7 Å². The normalized spacial score (nSPS) is 15.2. The summed E-state index contributed by atoms with van der Waals surface area (Å²) in [5.41, 5.74) is 0.